The van der Waals surface area contributed by atoms with E-state index >= 15 is 4.79 Å². The van der Waals surface area contributed by atoms with E-state index < -0.39 is 63.7 Å². The Kier molecular flexibility index (Phi) is 14.5. The number of nitrogens with zero attached hydrogens (tertiary/aromatic N) is 3. The maximum absolute atomic E-state index is 15.1. The van der Waals surface area contributed by atoms with Crippen molar-refractivity contribution in [1.82, 2.24) is 9.80 Å². The highest BCUT2D eigenvalue weighted by atomic mass is 32.2. The number of alkyl halides is 6. The number of carboxylic acids is 1. The molecular formula is C38H47F6N3O5S2. The molecular weight excluding hydrogens is 757 g/mol. The lowest BCUT2D eigenvalue weighted by molar-refractivity contribution is -0.157. The molecule has 1 aromatic heterocycles. The van der Waals surface area contributed by atoms with E-state index in [4.69, 9.17) is 5.11 Å². The van der Waals surface area contributed by atoms with Gasteiger partial charge < -0.3 is 20.0 Å². The first-order valence-electron chi connectivity index (χ1n) is 18.1. The average Bonchev–Trinajstić information content (AvgIpc) is 3.64. The minimum Gasteiger partial charge on any atom is -0.481 e. The molecule has 2 aromatic rings. The van der Waals surface area contributed by atoms with Crippen molar-refractivity contribution in [2.45, 2.75) is 113 Å². The summed E-state index contributed by atoms with van der Waals surface area (Å²) in [6, 6.07) is 7.03. The fraction of sp³-hybridized carbons (Fsp3) is 0.579. The summed E-state index contributed by atoms with van der Waals surface area (Å²) in [5.41, 5.74) is -3.17. The minimum atomic E-state index is -4.81. The maximum atomic E-state index is 15.1. The van der Waals surface area contributed by atoms with Gasteiger partial charge in [-0.15, -0.1) is 23.1 Å². The predicted octanol–water partition coefficient (Wildman–Crippen LogP) is 8.83. The van der Waals surface area contributed by atoms with Crippen LogP contribution < -0.4 is 0 Å². The highest BCUT2D eigenvalue weighted by molar-refractivity contribution is 7.99. The van der Waals surface area contributed by atoms with Gasteiger partial charge in [0, 0.05) is 37.2 Å². The molecule has 298 valence electrons. The largest absolute Gasteiger partial charge is 0.481 e. The number of amides is 2. The summed E-state index contributed by atoms with van der Waals surface area (Å²) in [5, 5.41) is 22.2. The Morgan fingerprint density at radius 3 is 2.35 bits per heavy atom. The maximum Gasteiger partial charge on any atom is 0.425 e. The molecule has 4 rings (SSSR count). The molecule has 0 radical (unpaired) electrons. The molecule has 2 N–H and O–H groups in total. The van der Waals surface area contributed by atoms with Crippen molar-refractivity contribution in [3.8, 4) is 0 Å². The van der Waals surface area contributed by atoms with Gasteiger partial charge in [0.1, 0.15) is 10.6 Å². The summed E-state index contributed by atoms with van der Waals surface area (Å²) in [6.45, 7) is 4.40. The van der Waals surface area contributed by atoms with Gasteiger partial charge in [0.2, 0.25) is 5.91 Å². The van der Waals surface area contributed by atoms with Crippen LogP contribution in [0.4, 0.5) is 26.3 Å². The number of carbonyl (C=O) groups excluding carboxylic acids is 2. The number of aliphatic carboxylic acids is 1. The summed E-state index contributed by atoms with van der Waals surface area (Å²) in [7, 11) is 0. The van der Waals surface area contributed by atoms with Gasteiger partial charge in [0.05, 0.1) is 23.0 Å². The topological polar surface area (TPSA) is 111 Å². The minimum absolute atomic E-state index is 0.000271. The molecule has 0 saturated carbocycles. The molecule has 16 heteroatoms. The van der Waals surface area contributed by atoms with Crippen LogP contribution in [0, 0.1) is 5.92 Å². The second-order valence-electron chi connectivity index (χ2n) is 13.8. The number of rotatable bonds is 14. The molecule has 2 saturated heterocycles. The molecule has 2 amide bonds. The standard InChI is InChI=1S/C38H47F6N3O5S2/c1-4-6-18-45-32(25(3)37(39,40)41)33(50)47-19-10-15-36(29(47)11-5-2,26-23-30(54-24-26)38(42,43)44)34(51)46-20-16-35(52,17-21-46)27-12-7-8-13-28(27)53-22-9-14-31(48)49/h6-8,12-13,18,23-25,29,52H,4-5,9-11,14-17,19-22H2,1-3H3,(H,48,49)/b18-6-,45-32?. The lowest BCUT2D eigenvalue weighted by atomic mass is 9.66. The number of carboxylic acid groups (broad SMARTS) is 1. The van der Waals surface area contributed by atoms with Crippen LogP contribution >= 0.6 is 23.1 Å². The molecule has 3 unspecified atom stereocenters. The highest BCUT2D eigenvalue weighted by Gasteiger charge is 2.56. The van der Waals surface area contributed by atoms with E-state index in [-0.39, 0.29) is 63.7 Å². The zero-order chi connectivity index (χ0) is 39.9. The van der Waals surface area contributed by atoms with Crippen LogP contribution in [0.2, 0.25) is 0 Å². The zero-order valence-electron chi connectivity index (χ0n) is 30.5. The van der Waals surface area contributed by atoms with Crippen molar-refractivity contribution in [3.05, 3.63) is 64.0 Å². The van der Waals surface area contributed by atoms with E-state index in [1.54, 1.807) is 32.0 Å². The third-order valence-electron chi connectivity index (χ3n) is 10.2. The molecule has 8 nitrogen and oxygen atoms in total. The molecule has 0 bridgehead atoms. The first-order valence-corrected chi connectivity index (χ1v) is 20.0. The van der Waals surface area contributed by atoms with E-state index in [2.05, 4.69) is 4.99 Å². The Bertz CT molecular complexity index is 1690. The number of aliphatic imine (C=N–C) groups is 1. The van der Waals surface area contributed by atoms with E-state index in [9.17, 15) is 41.0 Å². The number of likely N-dealkylation sites (tertiary alicyclic amines) is 2. The smallest absolute Gasteiger partial charge is 0.425 e. The quantitative estimate of drug-likeness (QED) is 0.0856. The van der Waals surface area contributed by atoms with E-state index in [1.807, 2.05) is 6.07 Å². The Labute approximate surface area is 319 Å². The lowest BCUT2D eigenvalue weighted by Crippen LogP contribution is -2.65. The Balaban J connectivity index is 1.74. The normalized spacial score (nSPS) is 21.7. The SMILES string of the molecule is CC/C=C\N=C(C(=O)N1CCCC(C(=O)N2CCC(O)(c3ccccc3SCCCC(=O)O)CC2)(c2csc(C(F)(F)F)c2)C1CCC)C(C)C(F)(F)F. The second kappa shape index (κ2) is 18.1. The van der Waals surface area contributed by atoms with Gasteiger partial charge in [-0.2, -0.15) is 26.3 Å². The monoisotopic (exact) mass is 803 g/mol. The molecule has 2 aliphatic rings. The Morgan fingerprint density at radius 2 is 1.76 bits per heavy atom. The van der Waals surface area contributed by atoms with Crippen LogP contribution in [0.25, 0.3) is 0 Å². The number of thiophene rings is 1. The van der Waals surface area contributed by atoms with Gasteiger partial charge in [-0.25, -0.2) is 0 Å². The van der Waals surface area contributed by atoms with Gasteiger partial charge in [0.15, 0.2) is 0 Å². The molecule has 0 spiro atoms. The molecule has 0 aliphatic carbocycles. The van der Waals surface area contributed by atoms with E-state index in [1.165, 1.54) is 33.0 Å². The Morgan fingerprint density at radius 1 is 1.07 bits per heavy atom. The third kappa shape index (κ3) is 9.70. The van der Waals surface area contributed by atoms with Crippen LogP contribution in [0.1, 0.15) is 94.6 Å². The summed E-state index contributed by atoms with van der Waals surface area (Å²) in [5.74, 6) is -4.22. The van der Waals surface area contributed by atoms with Gasteiger partial charge in [-0.3, -0.25) is 19.4 Å². The van der Waals surface area contributed by atoms with Crippen LogP contribution in [0.5, 0.6) is 0 Å². The van der Waals surface area contributed by atoms with Crippen molar-refractivity contribution in [2.75, 3.05) is 25.4 Å². The van der Waals surface area contributed by atoms with Crippen LogP contribution in [0.15, 0.2) is 57.9 Å². The third-order valence-corrected chi connectivity index (χ3v) is 12.4. The van der Waals surface area contributed by atoms with Gasteiger partial charge in [-0.1, -0.05) is 44.5 Å². The lowest BCUT2D eigenvalue weighted by Gasteiger charge is -2.52. The van der Waals surface area contributed by atoms with Crippen molar-refractivity contribution in [3.63, 3.8) is 0 Å². The number of benzene rings is 1. The summed E-state index contributed by atoms with van der Waals surface area (Å²) in [6.07, 6.45) is -5.15. The summed E-state index contributed by atoms with van der Waals surface area (Å²) < 4.78 is 84.4. The van der Waals surface area contributed by atoms with Gasteiger partial charge in [0.25, 0.3) is 5.91 Å². The van der Waals surface area contributed by atoms with E-state index in [0.29, 0.717) is 41.9 Å². The van der Waals surface area contributed by atoms with Crippen molar-refractivity contribution in [1.29, 1.82) is 0 Å². The molecule has 2 fully saturated rings. The molecule has 2 aliphatic heterocycles. The van der Waals surface area contributed by atoms with Crippen molar-refractivity contribution >= 4 is 46.6 Å². The van der Waals surface area contributed by atoms with Gasteiger partial charge >= 0.3 is 18.3 Å². The fourth-order valence-electron chi connectivity index (χ4n) is 7.37. The number of hydrogen-bond donors (Lipinski definition) is 2. The number of carbonyl (C=O) groups is 3. The highest BCUT2D eigenvalue weighted by Crippen LogP contribution is 2.48. The number of piperidine rings is 2. The fourth-order valence-corrected chi connectivity index (χ4v) is 9.33. The number of halogens is 6. The first kappa shape index (κ1) is 43.4. The van der Waals surface area contributed by atoms with Crippen LogP contribution in [-0.4, -0.2) is 81.1 Å². The second-order valence-corrected chi connectivity index (χ2v) is 15.9. The Hall–Kier alpha value is -3.37. The summed E-state index contributed by atoms with van der Waals surface area (Å²) >= 11 is 1.84. The number of hydrogen-bond acceptors (Lipinski definition) is 7. The van der Waals surface area contributed by atoms with E-state index in [0.717, 1.165) is 24.1 Å². The van der Waals surface area contributed by atoms with Crippen LogP contribution in [0.3, 0.4) is 0 Å². The summed E-state index contributed by atoms with van der Waals surface area (Å²) in [4.78, 5) is 46.8. The number of allylic oxidation sites excluding steroid dienone is 1. The van der Waals surface area contributed by atoms with Gasteiger partial charge in [-0.05, 0) is 86.3 Å². The van der Waals surface area contributed by atoms with Crippen molar-refractivity contribution in [2.24, 2.45) is 10.9 Å². The zero-order valence-corrected chi connectivity index (χ0v) is 32.1. The number of aliphatic hydroxyl groups is 1. The van der Waals surface area contributed by atoms with Crippen LogP contribution in [-0.2, 0) is 31.6 Å². The molecule has 54 heavy (non-hydrogen) atoms. The molecule has 1 aromatic carbocycles. The molecule has 3 atom stereocenters. The predicted molar refractivity (Wildman–Crippen MR) is 196 cm³/mol. The molecule has 3 heterocycles. The number of thioether (sulfide) groups is 1. The average molecular weight is 804 g/mol. The van der Waals surface area contributed by atoms with Crippen molar-refractivity contribution < 1.29 is 50.9 Å². The first-order chi connectivity index (χ1) is 25.4.